The largest absolute Gasteiger partial charge is 0.461 e. The fraction of sp³-hybridized carbons (Fsp3) is 0.429. The first kappa shape index (κ1) is 20.6. The molecule has 0 aliphatic carbocycles. The van der Waals surface area contributed by atoms with E-state index < -0.39 is 5.60 Å². The van der Waals surface area contributed by atoms with Gasteiger partial charge in [0.2, 0.25) is 0 Å². The van der Waals surface area contributed by atoms with Crippen LogP contribution in [-0.4, -0.2) is 30.3 Å². The SMILES string of the molecule is C=C(C)C(O)(C(=C)C)c1ccc(CN(CCCOC)Cc2cccs2)o1. The summed E-state index contributed by atoms with van der Waals surface area (Å²) in [5, 5.41) is 13.0. The lowest BCUT2D eigenvalue weighted by molar-refractivity contribution is 0.0874. The van der Waals surface area contributed by atoms with Gasteiger partial charge < -0.3 is 14.3 Å². The third kappa shape index (κ3) is 4.95. The van der Waals surface area contributed by atoms with Crippen molar-refractivity contribution in [2.24, 2.45) is 0 Å². The molecule has 2 aromatic heterocycles. The third-order valence-corrected chi connectivity index (χ3v) is 5.28. The van der Waals surface area contributed by atoms with Gasteiger partial charge in [0, 0.05) is 31.7 Å². The quantitative estimate of drug-likeness (QED) is 0.456. The molecule has 0 fully saturated rings. The highest BCUT2D eigenvalue weighted by atomic mass is 32.1. The monoisotopic (exact) mass is 375 g/mol. The van der Waals surface area contributed by atoms with Crippen LogP contribution in [0, 0.1) is 0 Å². The third-order valence-electron chi connectivity index (χ3n) is 4.42. The van der Waals surface area contributed by atoms with Gasteiger partial charge in [0.05, 0.1) is 6.54 Å². The Morgan fingerprint density at radius 1 is 1.23 bits per heavy atom. The number of aliphatic hydroxyl groups is 1. The summed E-state index contributed by atoms with van der Waals surface area (Å²) in [7, 11) is 1.72. The Hall–Kier alpha value is -1.66. The Kier molecular flexibility index (Phi) is 7.41. The minimum absolute atomic E-state index is 0.473. The van der Waals surface area contributed by atoms with Crippen LogP contribution in [0.15, 0.2) is 58.4 Å². The van der Waals surface area contributed by atoms with Gasteiger partial charge in [0.25, 0.3) is 0 Å². The first-order valence-electron chi connectivity index (χ1n) is 8.75. The van der Waals surface area contributed by atoms with E-state index in [1.165, 1.54) is 4.88 Å². The standard InChI is InChI=1S/C21H29NO3S/c1-16(2)21(23,17(3)4)20-10-9-18(25-20)14-22(11-7-12-24-5)15-19-8-6-13-26-19/h6,8-10,13,23H,1,3,7,11-12,14-15H2,2,4-5H3. The molecule has 0 atom stereocenters. The van der Waals surface area contributed by atoms with Crippen LogP contribution < -0.4 is 0 Å². The molecule has 0 unspecified atom stereocenters. The van der Waals surface area contributed by atoms with E-state index in [-0.39, 0.29) is 0 Å². The van der Waals surface area contributed by atoms with Crippen molar-refractivity contribution in [2.75, 3.05) is 20.3 Å². The van der Waals surface area contributed by atoms with E-state index >= 15 is 0 Å². The lowest BCUT2D eigenvalue weighted by Gasteiger charge is -2.27. The van der Waals surface area contributed by atoms with E-state index in [1.54, 1.807) is 32.3 Å². The molecule has 0 saturated carbocycles. The van der Waals surface area contributed by atoms with Crippen molar-refractivity contribution in [3.63, 3.8) is 0 Å². The molecule has 0 spiro atoms. The maximum Gasteiger partial charge on any atom is 0.163 e. The van der Waals surface area contributed by atoms with Gasteiger partial charge >= 0.3 is 0 Å². The molecule has 142 valence electrons. The lowest BCUT2D eigenvalue weighted by Crippen LogP contribution is -2.27. The summed E-state index contributed by atoms with van der Waals surface area (Å²) >= 11 is 1.75. The Morgan fingerprint density at radius 3 is 2.54 bits per heavy atom. The molecule has 0 saturated heterocycles. The van der Waals surface area contributed by atoms with Crippen LogP contribution in [-0.2, 0) is 23.4 Å². The van der Waals surface area contributed by atoms with Crippen molar-refractivity contribution in [1.82, 2.24) is 4.90 Å². The Labute approximate surface area is 160 Å². The lowest BCUT2D eigenvalue weighted by atomic mass is 9.87. The van der Waals surface area contributed by atoms with Crippen molar-refractivity contribution in [1.29, 1.82) is 0 Å². The van der Waals surface area contributed by atoms with Crippen molar-refractivity contribution in [3.8, 4) is 0 Å². The first-order chi connectivity index (χ1) is 12.4. The van der Waals surface area contributed by atoms with Gasteiger partial charge in [-0.15, -0.1) is 11.3 Å². The van der Waals surface area contributed by atoms with Crippen LogP contribution in [0.4, 0.5) is 0 Å². The van der Waals surface area contributed by atoms with Crippen LogP contribution in [0.25, 0.3) is 0 Å². The average molecular weight is 376 g/mol. The fourth-order valence-electron chi connectivity index (χ4n) is 2.93. The molecular weight excluding hydrogens is 346 g/mol. The zero-order chi connectivity index (χ0) is 19.2. The summed E-state index contributed by atoms with van der Waals surface area (Å²) in [5.41, 5.74) is -0.129. The molecule has 26 heavy (non-hydrogen) atoms. The summed E-state index contributed by atoms with van der Waals surface area (Å²) in [5.74, 6) is 1.29. The molecule has 2 heterocycles. The second-order valence-corrected chi connectivity index (χ2v) is 7.71. The average Bonchev–Trinajstić information content (AvgIpc) is 3.26. The zero-order valence-corrected chi connectivity index (χ0v) is 16.8. The molecule has 5 heteroatoms. The highest BCUT2D eigenvalue weighted by Crippen LogP contribution is 2.36. The molecule has 0 amide bonds. The summed E-state index contributed by atoms with van der Waals surface area (Å²) < 4.78 is 11.2. The van der Waals surface area contributed by atoms with Gasteiger partial charge in [0.15, 0.2) is 5.60 Å². The normalized spacial score (nSPS) is 11.9. The van der Waals surface area contributed by atoms with Crippen molar-refractivity contribution >= 4 is 11.3 Å². The summed E-state index contributed by atoms with van der Waals surface area (Å²) in [6.45, 7) is 14.5. The molecule has 0 aliphatic heterocycles. The van der Waals surface area contributed by atoms with Crippen molar-refractivity contribution in [2.45, 2.75) is 39.0 Å². The number of methoxy groups -OCH3 is 1. The van der Waals surface area contributed by atoms with Crippen LogP contribution >= 0.6 is 11.3 Å². The number of nitrogens with zero attached hydrogens (tertiary/aromatic N) is 1. The van der Waals surface area contributed by atoms with E-state index in [4.69, 9.17) is 9.15 Å². The number of thiophene rings is 1. The Bertz CT molecular complexity index is 703. The van der Waals surface area contributed by atoms with Gasteiger partial charge in [0.1, 0.15) is 11.5 Å². The summed E-state index contributed by atoms with van der Waals surface area (Å²) in [6, 6.07) is 7.95. The number of rotatable bonds is 11. The number of ether oxygens (including phenoxy) is 1. The molecule has 0 bridgehead atoms. The highest BCUT2D eigenvalue weighted by Gasteiger charge is 2.34. The molecule has 0 aromatic carbocycles. The van der Waals surface area contributed by atoms with E-state index in [2.05, 4.69) is 35.6 Å². The van der Waals surface area contributed by atoms with Crippen molar-refractivity contribution < 1.29 is 14.3 Å². The minimum Gasteiger partial charge on any atom is -0.461 e. The molecule has 1 N–H and O–H groups in total. The van der Waals surface area contributed by atoms with Gasteiger partial charge in [-0.1, -0.05) is 19.2 Å². The second kappa shape index (κ2) is 9.33. The number of hydrogen-bond donors (Lipinski definition) is 1. The van der Waals surface area contributed by atoms with Gasteiger partial charge in [-0.25, -0.2) is 0 Å². The molecule has 0 aliphatic rings. The zero-order valence-electron chi connectivity index (χ0n) is 16.0. The molecule has 4 nitrogen and oxygen atoms in total. The first-order valence-corrected chi connectivity index (χ1v) is 9.63. The molecule has 2 rings (SSSR count). The predicted octanol–water partition coefficient (Wildman–Crippen LogP) is 4.72. The molecule has 0 radical (unpaired) electrons. The fourth-order valence-corrected chi connectivity index (χ4v) is 3.68. The van der Waals surface area contributed by atoms with E-state index in [1.807, 2.05) is 12.1 Å². The Balaban J connectivity index is 2.14. The number of hydrogen-bond acceptors (Lipinski definition) is 5. The minimum atomic E-state index is -1.33. The van der Waals surface area contributed by atoms with Gasteiger partial charge in [-0.2, -0.15) is 0 Å². The van der Waals surface area contributed by atoms with Crippen LogP contribution in [0.1, 0.15) is 36.7 Å². The summed E-state index contributed by atoms with van der Waals surface area (Å²) in [6.07, 6.45) is 0.955. The van der Waals surface area contributed by atoms with E-state index in [0.29, 0.717) is 23.5 Å². The van der Waals surface area contributed by atoms with Crippen molar-refractivity contribution in [3.05, 3.63) is 70.3 Å². The maximum absolute atomic E-state index is 10.9. The topological polar surface area (TPSA) is 45.8 Å². The van der Waals surface area contributed by atoms with Gasteiger partial charge in [-0.05, 0) is 55.0 Å². The highest BCUT2D eigenvalue weighted by molar-refractivity contribution is 7.09. The van der Waals surface area contributed by atoms with E-state index in [0.717, 1.165) is 31.9 Å². The summed E-state index contributed by atoms with van der Waals surface area (Å²) in [4.78, 5) is 3.64. The smallest absolute Gasteiger partial charge is 0.163 e. The Morgan fingerprint density at radius 2 is 1.96 bits per heavy atom. The molecule has 2 aromatic rings. The number of furan rings is 1. The maximum atomic E-state index is 10.9. The predicted molar refractivity (Wildman–Crippen MR) is 107 cm³/mol. The second-order valence-electron chi connectivity index (χ2n) is 6.67. The van der Waals surface area contributed by atoms with E-state index in [9.17, 15) is 5.11 Å². The molecular formula is C21H29NO3S. The van der Waals surface area contributed by atoms with Gasteiger partial charge in [-0.3, -0.25) is 4.90 Å². The van der Waals surface area contributed by atoms with Crippen LogP contribution in [0.3, 0.4) is 0 Å². The van der Waals surface area contributed by atoms with Crippen LogP contribution in [0.5, 0.6) is 0 Å². The van der Waals surface area contributed by atoms with Crippen LogP contribution in [0.2, 0.25) is 0 Å².